The molecule has 0 amide bonds. The number of methoxy groups -OCH3 is 3. The van der Waals surface area contributed by atoms with E-state index in [0.29, 0.717) is 5.02 Å². The summed E-state index contributed by atoms with van der Waals surface area (Å²) in [7, 11) is 5.00. The van der Waals surface area contributed by atoms with Crippen molar-refractivity contribution in [1.82, 2.24) is 5.32 Å². The number of rotatable bonds is 4. The first-order valence-corrected chi connectivity index (χ1v) is 7.88. The van der Waals surface area contributed by atoms with Gasteiger partial charge in [-0.3, -0.25) is 0 Å². The summed E-state index contributed by atoms with van der Waals surface area (Å²) in [6.07, 6.45) is 0.884. The Bertz CT molecular complexity index is 718. The lowest BCUT2D eigenvalue weighted by molar-refractivity contribution is 0.348. The molecular weight excluding hydrogens is 314 g/mol. The zero-order valence-electron chi connectivity index (χ0n) is 13.5. The number of ether oxygens (including phenoxy) is 3. The molecule has 1 N–H and O–H groups in total. The van der Waals surface area contributed by atoms with Gasteiger partial charge in [0.25, 0.3) is 0 Å². The predicted octanol–water partition coefficient (Wildman–Crippen LogP) is 3.60. The van der Waals surface area contributed by atoms with Gasteiger partial charge < -0.3 is 19.5 Å². The maximum absolute atomic E-state index is 6.20. The van der Waals surface area contributed by atoms with E-state index in [0.717, 1.165) is 46.9 Å². The quantitative estimate of drug-likeness (QED) is 0.928. The van der Waals surface area contributed by atoms with E-state index in [1.165, 1.54) is 0 Å². The van der Waals surface area contributed by atoms with Crippen molar-refractivity contribution < 1.29 is 14.2 Å². The average molecular weight is 334 g/mol. The van der Waals surface area contributed by atoms with Gasteiger partial charge in [-0.1, -0.05) is 17.7 Å². The van der Waals surface area contributed by atoms with Crippen LogP contribution >= 0.6 is 11.6 Å². The molecule has 1 heterocycles. The zero-order chi connectivity index (χ0) is 16.4. The number of hydrogen-bond donors (Lipinski definition) is 1. The molecule has 2 aromatic carbocycles. The highest BCUT2D eigenvalue weighted by Crippen LogP contribution is 2.42. The highest BCUT2D eigenvalue weighted by molar-refractivity contribution is 6.30. The number of hydrogen-bond acceptors (Lipinski definition) is 4. The largest absolute Gasteiger partial charge is 0.496 e. The van der Waals surface area contributed by atoms with Crippen molar-refractivity contribution in [3.8, 4) is 17.2 Å². The van der Waals surface area contributed by atoms with Crippen LogP contribution in [-0.2, 0) is 6.42 Å². The van der Waals surface area contributed by atoms with Gasteiger partial charge in [-0.05, 0) is 36.2 Å². The van der Waals surface area contributed by atoms with Crippen LogP contribution in [0.25, 0.3) is 0 Å². The Kier molecular flexibility index (Phi) is 4.64. The second kappa shape index (κ2) is 6.69. The van der Waals surface area contributed by atoms with Crippen LogP contribution in [0.1, 0.15) is 22.7 Å². The van der Waals surface area contributed by atoms with E-state index < -0.39 is 0 Å². The van der Waals surface area contributed by atoms with Crippen LogP contribution < -0.4 is 19.5 Å². The van der Waals surface area contributed by atoms with Gasteiger partial charge in [0.05, 0.1) is 27.4 Å². The summed E-state index contributed by atoms with van der Waals surface area (Å²) in [5.41, 5.74) is 3.35. The predicted molar refractivity (Wildman–Crippen MR) is 91.1 cm³/mol. The fourth-order valence-electron chi connectivity index (χ4n) is 3.19. The summed E-state index contributed by atoms with van der Waals surface area (Å²) >= 11 is 6.20. The molecule has 0 fully saturated rings. The average Bonchev–Trinajstić information content (AvgIpc) is 2.59. The first-order chi connectivity index (χ1) is 11.2. The van der Waals surface area contributed by atoms with Gasteiger partial charge in [-0.2, -0.15) is 0 Å². The van der Waals surface area contributed by atoms with Gasteiger partial charge >= 0.3 is 0 Å². The minimum absolute atomic E-state index is 0.00667. The molecule has 0 aromatic heterocycles. The zero-order valence-corrected chi connectivity index (χ0v) is 14.2. The van der Waals surface area contributed by atoms with Gasteiger partial charge in [0, 0.05) is 22.7 Å². The van der Waals surface area contributed by atoms with Crippen molar-refractivity contribution in [3.63, 3.8) is 0 Å². The lowest BCUT2D eigenvalue weighted by Crippen LogP contribution is -2.31. The third-order valence-corrected chi connectivity index (χ3v) is 4.46. The Balaban J connectivity index is 2.14. The lowest BCUT2D eigenvalue weighted by atomic mass is 9.88. The molecule has 0 aliphatic carbocycles. The SMILES string of the molecule is COc1ccc(Cl)cc1C1NCCc2c1ccc(OC)c2OC. The standard InChI is InChI=1S/C18H20ClNO3/c1-21-15-6-4-11(19)10-14(15)17-12-5-7-16(22-2)18(23-3)13(12)8-9-20-17/h4-7,10,17,20H,8-9H2,1-3H3. The van der Waals surface area contributed by atoms with Crippen molar-refractivity contribution in [2.24, 2.45) is 0 Å². The number of halogens is 1. The first kappa shape index (κ1) is 16.0. The summed E-state index contributed by atoms with van der Waals surface area (Å²) in [5, 5.41) is 4.24. The summed E-state index contributed by atoms with van der Waals surface area (Å²) in [4.78, 5) is 0. The highest BCUT2D eigenvalue weighted by Gasteiger charge is 2.27. The molecule has 3 rings (SSSR count). The van der Waals surface area contributed by atoms with Crippen molar-refractivity contribution in [1.29, 1.82) is 0 Å². The molecule has 1 aliphatic heterocycles. The van der Waals surface area contributed by atoms with Crippen LogP contribution in [0.5, 0.6) is 17.2 Å². The summed E-state index contributed by atoms with van der Waals surface area (Å²) in [6, 6.07) is 9.70. The Morgan fingerprint density at radius 2 is 1.70 bits per heavy atom. The van der Waals surface area contributed by atoms with Crippen LogP contribution in [-0.4, -0.2) is 27.9 Å². The fraction of sp³-hybridized carbons (Fsp3) is 0.333. The fourth-order valence-corrected chi connectivity index (χ4v) is 3.37. The maximum Gasteiger partial charge on any atom is 0.164 e. The Hall–Kier alpha value is -1.91. The molecular formula is C18H20ClNO3. The smallest absolute Gasteiger partial charge is 0.164 e. The lowest BCUT2D eigenvalue weighted by Gasteiger charge is -2.30. The van der Waals surface area contributed by atoms with Gasteiger partial charge in [0.1, 0.15) is 5.75 Å². The number of nitrogens with one attached hydrogen (secondary N) is 1. The monoisotopic (exact) mass is 333 g/mol. The van der Waals surface area contributed by atoms with E-state index in [4.69, 9.17) is 25.8 Å². The van der Waals surface area contributed by atoms with Gasteiger partial charge in [-0.15, -0.1) is 0 Å². The van der Waals surface area contributed by atoms with Crippen molar-refractivity contribution in [2.45, 2.75) is 12.5 Å². The van der Waals surface area contributed by atoms with E-state index in [2.05, 4.69) is 11.4 Å². The van der Waals surface area contributed by atoms with Crippen LogP contribution in [0.15, 0.2) is 30.3 Å². The normalized spacial score (nSPS) is 16.6. The Labute approximate surface area is 141 Å². The van der Waals surface area contributed by atoms with Crippen LogP contribution in [0.3, 0.4) is 0 Å². The molecule has 1 unspecified atom stereocenters. The van der Waals surface area contributed by atoms with Crippen LogP contribution in [0.4, 0.5) is 0 Å². The van der Waals surface area contributed by atoms with E-state index in [9.17, 15) is 0 Å². The molecule has 4 nitrogen and oxygen atoms in total. The summed E-state index contributed by atoms with van der Waals surface area (Å²) < 4.78 is 16.5. The van der Waals surface area contributed by atoms with Gasteiger partial charge in [0.2, 0.25) is 0 Å². The molecule has 5 heteroatoms. The van der Waals surface area contributed by atoms with E-state index in [-0.39, 0.29) is 6.04 Å². The number of fused-ring (bicyclic) bond motifs is 1. The topological polar surface area (TPSA) is 39.7 Å². The second-order valence-electron chi connectivity index (χ2n) is 5.39. The van der Waals surface area contributed by atoms with E-state index in [1.54, 1.807) is 21.3 Å². The molecule has 0 spiro atoms. The molecule has 23 heavy (non-hydrogen) atoms. The maximum atomic E-state index is 6.20. The molecule has 1 atom stereocenters. The van der Waals surface area contributed by atoms with E-state index >= 15 is 0 Å². The highest BCUT2D eigenvalue weighted by atomic mass is 35.5. The Morgan fingerprint density at radius 1 is 0.957 bits per heavy atom. The third-order valence-electron chi connectivity index (χ3n) is 4.22. The third kappa shape index (κ3) is 2.84. The van der Waals surface area contributed by atoms with Crippen molar-refractivity contribution >= 4 is 11.6 Å². The van der Waals surface area contributed by atoms with E-state index in [1.807, 2.05) is 24.3 Å². The molecule has 0 radical (unpaired) electrons. The number of benzene rings is 2. The molecule has 0 saturated carbocycles. The summed E-state index contributed by atoms with van der Waals surface area (Å²) in [6.45, 7) is 0.844. The van der Waals surface area contributed by atoms with Crippen molar-refractivity contribution in [2.75, 3.05) is 27.9 Å². The molecule has 122 valence electrons. The van der Waals surface area contributed by atoms with Gasteiger partial charge in [-0.25, -0.2) is 0 Å². The second-order valence-corrected chi connectivity index (χ2v) is 5.83. The minimum Gasteiger partial charge on any atom is -0.496 e. The van der Waals surface area contributed by atoms with Gasteiger partial charge in [0.15, 0.2) is 11.5 Å². The van der Waals surface area contributed by atoms with Crippen molar-refractivity contribution in [3.05, 3.63) is 52.0 Å². The molecule has 0 bridgehead atoms. The minimum atomic E-state index is 0.00667. The Morgan fingerprint density at radius 3 is 2.39 bits per heavy atom. The molecule has 2 aromatic rings. The van der Waals surface area contributed by atoms with Crippen LogP contribution in [0.2, 0.25) is 5.02 Å². The molecule has 0 saturated heterocycles. The first-order valence-electron chi connectivity index (χ1n) is 7.50. The summed E-state index contributed by atoms with van der Waals surface area (Å²) in [5.74, 6) is 2.37. The molecule has 1 aliphatic rings. The van der Waals surface area contributed by atoms with Crippen LogP contribution in [0, 0.1) is 0 Å².